The van der Waals surface area contributed by atoms with Gasteiger partial charge in [0.2, 0.25) is 0 Å². The normalized spacial score (nSPS) is 11.7. The van der Waals surface area contributed by atoms with E-state index in [2.05, 4.69) is 27.9 Å². The van der Waals surface area contributed by atoms with Gasteiger partial charge in [-0.2, -0.15) is 0 Å². The summed E-state index contributed by atoms with van der Waals surface area (Å²) in [4.78, 5) is 26.6. The van der Waals surface area contributed by atoms with E-state index in [1.165, 1.54) is 0 Å². The first kappa shape index (κ1) is 19.6. The number of nitro groups is 1. The second kappa shape index (κ2) is 9.11. The van der Waals surface area contributed by atoms with Crippen LogP contribution in [0.5, 0.6) is 0 Å². The first-order chi connectivity index (χ1) is 12.4. The first-order valence-corrected chi connectivity index (χ1v) is 8.96. The topological polar surface area (TPSA) is 129 Å². The average Bonchev–Trinajstić information content (AvgIpc) is 3.04. The number of carbonyl (C=O) groups is 1. The summed E-state index contributed by atoms with van der Waals surface area (Å²) in [6, 6.07) is 5.17. The van der Waals surface area contributed by atoms with Crippen LogP contribution in [0, 0.1) is 10.1 Å². The van der Waals surface area contributed by atoms with E-state index in [-0.39, 0.29) is 10.1 Å². The molecule has 26 heavy (non-hydrogen) atoms. The fraction of sp³-hybridized carbons (Fsp3) is 0.375. The molecule has 10 heteroatoms. The molecule has 1 atom stereocenters. The van der Waals surface area contributed by atoms with Crippen LogP contribution in [0.25, 0.3) is 0 Å². The third kappa shape index (κ3) is 5.39. The number of rotatable bonds is 9. The van der Waals surface area contributed by atoms with Crippen molar-refractivity contribution < 1.29 is 14.8 Å². The third-order valence-corrected chi connectivity index (χ3v) is 4.25. The lowest BCUT2D eigenvalue weighted by Gasteiger charge is -2.15. The Kier molecular flexibility index (Phi) is 6.87. The average molecular weight is 379 g/mol. The third-order valence-electron chi connectivity index (χ3n) is 3.38. The molecule has 1 unspecified atom stereocenters. The number of hydrogen-bond donors (Lipinski definition) is 4. The second-order valence-corrected chi connectivity index (χ2v) is 6.58. The van der Waals surface area contributed by atoms with Gasteiger partial charge in [0.1, 0.15) is 12.4 Å². The van der Waals surface area contributed by atoms with E-state index < -0.39 is 17.1 Å². The summed E-state index contributed by atoms with van der Waals surface area (Å²) < 4.78 is 0. The van der Waals surface area contributed by atoms with Crippen LogP contribution in [0.3, 0.4) is 0 Å². The number of aliphatic hydroxyl groups is 1. The van der Waals surface area contributed by atoms with Gasteiger partial charge in [0.15, 0.2) is 5.13 Å². The Hall–Kier alpha value is -2.72. The number of hydrogen-bond acceptors (Lipinski definition) is 8. The molecule has 140 valence electrons. The minimum absolute atomic E-state index is 0.133. The molecule has 0 aliphatic carbocycles. The fourth-order valence-corrected chi connectivity index (χ4v) is 2.80. The maximum Gasteiger partial charge on any atom is 0.345 e. The monoisotopic (exact) mass is 379 g/mol. The number of carbonyl (C=O) groups excluding carboxylic acids is 1. The zero-order valence-electron chi connectivity index (χ0n) is 14.5. The predicted molar refractivity (Wildman–Crippen MR) is 102 cm³/mol. The van der Waals surface area contributed by atoms with Gasteiger partial charge in [0, 0.05) is 17.9 Å². The van der Waals surface area contributed by atoms with Crippen LogP contribution in [0.15, 0.2) is 24.4 Å². The summed E-state index contributed by atoms with van der Waals surface area (Å²) in [6.45, 7) is 4.40. The highest BCUT2D eigenvalue weighted by Gasteiger charge is 2.17. The first-order valence-electron chi connectivity index (χ1n) is 8.14. The van der Waals surface area contributed by atoms with Crippen molar-refractivity contribution in [1.82, 2.24) is 4.98 Å². The smallest absolute Gasteiger partial charge is 0.345 e. The number of thiazole rings is 1. The Morgan fingerprint density at radius 1 is 1.46 bits per heavy atom. The number of amides is 1. The van der Waals surface area contributed by atoms with Gasteiger partial charge in [-0.3, -0.25) is 20.2 Å². The molecule has 9 nitrogen and oxygen atoms in total. The van der Waals surface area contributed by atoms with E-state index in [9.17, 15) is 20.0 Å². The van der Waals surface area contributed by atoms with Crippen molar-refractivity contribution in [3.05, 3.63) is 40.1 Å². The molecule has 1 aromatic carbocycles. The number of aliphatic hydroxyl groups excluding tert-OH is 1. The lowest BCUT2D eigenvalue weighted by Crippen LogP contribution is -2.19. The van der Waals surface area contributed by atoms with Crippen LogP contribution in [-0.4, -0.2) is 33.7 Å². The highest BCUT2D eigenvalue weighted by atomic mass is 32.1. The van der Waals surface area contributed by atoms with E-state index >= 15 is 0 Å². The van der Waals surface area contributed by atoms with Gasteiger partial charge in [-0.25, -0.2) is 4.98 Å². The van der Waals surface area contributed by atoms with Crippen molar-refractivity contribution in [1.29, 1.82) is 0 Å². The Labute approximate surface area is 154 Å². The minimum atomic E-state index is -0.846. The van der Waals surface area contributed by atoms with Crippen molar-refractivity contribution in [3.63, 3.8) is 0 Å². The van der Waals surface area contributed by atoms with Crippen LogP contribution in [0.4, 0.5) is 21.5 Å². The fourth-order valence-electron chi connectivity index (χ4n) is 2.17. The van der Waals surface area contributed by atoms with Crippen LogP contribution in [0.1, 0.15) is 37.0 Å². The minimum Gasteiger partial charge on any atom is -0.385 e. The molecule has 2 rings (SSSR count). The number of aromatic nitrogens is 1. The maximum atomic E-state index is 12.6. The Balaban J connectivity index is 2.22. The Morgan fingerprint density at radius 3 is 2.85 bits per heavy atom. The molecule has 0 aliphatic heterocycles. The van der Waals surface area contributed by atoms with Gasteiger partial charge >= 0.3 is 5.00 Å². The van der Waals surface area contributed by atoms with Crippen LogP contribution < -0.4 is 16.0 Å². The van der Waals surface area contributed by atoms with E-state index in [4.69, 9.17) is 0 Å². The summed E-state index contributed by atoms with van der Waals surface area (Å²) in [7, 11) is 0. The molecule has 4 N–H and O–H groups in total. The van der Waals surface area contributed by atoms with Crippen molar-refractivity contribution in [3.8, 4) is 0 Å². The number of anilines is 3. The highest BCUT2D eigenvalue weighted by molar-refractivity contribution is 7.18. The van der Waals surface area contributed by atoms with Crippen LogP contribution in [0.2, 0.25) is 0 Å². The lowest BCUT2D eigenvalue weighted by atomic mass is 10.1. The molecular weight excluding hydrogens is 358 g/mol. The molecule has 1 heterocycles. The van der Waals surface area contributed by atoms with E-state index in [1.807, 2.05) is 6.07 Å². The summed E-state index contributed by atoms with van der Waals surface area (Å²) in [5, 5.41) is 28.9. The molecule has 0 spiro atoms. The highest BCUT2D eigenvalue weighted by Crippen LogP contribution is 2.27. The quantitative estimate of drug-likeness (QED) is 0.228. The summed E-state index contributed by atoms with van der Waals surface area (Å²) in [5.41, 5.74) is 1.51. The molecular formula is C16H21N5O4S. The predicted octanol–water partition coefficient (Wildman–Crippen LogP) is 3.27. The molecule has 0 radical (unpaired) electrons. The van der Waals surface area contributed by atoms with Gasteiger partial charge in [-0.1, -0.05) is 13.3 Å². The van der Waals surface area contributed by atoms with Gasteiger partial charge in [-0.05, 0) is 42.9 Å². The van der Waals surface area contributed by atoms with E-state index in [0.717, 1.165) is 42.6 Å². The molecule has 0 bridgehead atoms. The molecule has 0 aliphatic rings. The molecule has 0 fully saturated rings. The molecule has 1 amide bonds. The van der Waals surface area contributed by atoms with Crippen molar-refractivity contribution in [2.75, 3.05) is 22.5 Å². The van der Waals surface area contributed by atoms with E-state index in [1.54, 1.807) is 19.1 Å². The number of benzene rings is 1. The largest absolute Gasteiger partial charge is 0.385 e. The van der Waals surface area contributed by atoms with Crippen molar-refractivity contribution in [2.45, 2.75) is 32.9 Å². The number of unbranched alkanes of at least 4 members (excludes halogenated alkanes) is 1. The van der Waals surface area contributed by atoms with Gasteiger partial charge in [0.05, 0.1) is 10.5 Å². The van der Waals surface area contributed by atoms with Crippen molar-refractivity contribution in [2.24, 2.45) is 0 Å². The van der Waals surface area contributed by atoms with Gasteiger partial charge in [0.25, 0.3) is 5.91 Å². The summed E-state index contributed by atoms with van der Waals surface area (Å²) >= 11 is 0.777. The zero-order valence-corrected chi connectivity index (χ0v) is 15.3. The Bertz CT molecular complexity index is 778. The van der Waals surface area contributed by atoms with E-state index in [0.29, 0.717) is 11.3 Å². The maximum absolute atomic E-state index is 12.6. The summed E-state index contributed by atoms with van der Waals surface area (Å²) in [5.74, 6) is -0.475. The number of nitrogens with zero attached hydrogens (tertiary/aromatic N) is 2. The Morgan fingerprint density at radius 2 is 2.23 bits per heavy atom. The molecule has 1 aromatic heterocycles. The molecule has 2 aromatic rings. The van der Waals surface area contributed by atoms with Crippen LogP contribution in [-0.2, 0) is 0 Å². The lowest BCUT2D eigenvalue weighted by molar-refractivity contribution is -0.380. The van der Waals surface area contributed by atoms with Gasteiger partial charge < -0.3 is 15.7 Å². The standard InChI is InChI=1S/C16H21N5O4S/c1-3-4-7-17-11-5-6-13(19-10(2)22)12(8-11)15(23)20-16-18-9-14(26-16)21(24)25/h5-6,8-10,17,19,22H,3-4,7H2,1-2H3,(H,18,20,23). The number of nitrogens with one attached hydrogen (secondary N) is 3. The van der Waals surface area contributed by atoms with Crippen LogP contribution >= 0.6 is 11.3 Å². The summed E-state index contributed by atoms with van der Waals surface area (Å²) in [6.07, 6.45) is 2.29. The molecule has 0 saturated heterocycles. The van der Waals surface area contributed by atoms with Crippen molar-refractivity contribution >= 4 is 38.8 Å². The molecule has 0 saturated carbocycles. The second-order valence-electron chi connectivity index (χ2n) is 5.58. The zero-order chi connectivity index (χ0) is 19.1. The van der Waals surface area contributed by atoms with Gasteiger partial charge in [-0.15, -0.1) is 0 Å². The SMILES string of the molecule is CCCCNc1ccc(NC(C)O)c(C(=O)Nc2ncc([N+](=O)[O-])s2)c1.